The first-order chi connectivity index (χ1) is 19.0. The summed E-state index contributed by atoms with van der Waals surface area (Å²) in [6.45, 7) is 3.58. The van der Waals surface area contributed by atoms with E-state index in [4.69, 9.17) is 9.47 Å². The van der Waals surface area contributed by atoms with Gasteiger partial charge in [0.25, 0.3) is 0 Å². The number of benzene rings is 4. The Bertz CT molecular complexity index is 1330. The van der Waals surface area contributed by atoms with Crippen molar-refractivity contribution in [1.82, 2.24) is 0 Å². The predicted octanol–water partition coefficient (Wildman–Crippen LogP) is 7.96. The van der Waals surface area contributed by atoms with E-state index in [9.17, 15) is 9.59 Å². The van der Waals surface area contributed by atoms with E-state index in [-0.39, 0.29) is 23.3 Å². The number of hydrogen-bond donors (Lipinski definition) is 0. The molecule has 2 unspecified atom stereocenters. The quantitative estimate of drug-likeness (QED) is 0.175. The molecule has 1 aliphatic carbocycles. The Kier molecular flexibility index (Phi) is 7.92. The fraction of sp³-hybridized carbons (Fsp3) is 0.257. The molecule has 0 amide bonds. The van der Waals surface area contributed by atoms with Crippen molar-refractivity contribution in [3.63, 3.8) is 0 Å². The van der Waals surface area contributed by atoms with Gasteiger partial charge in [0.2, 0.25) is 0 Å². The van der Waals surface area contributed by atoms with Crippen molar-refractivity contribution < 1.29 is 19.1 Å². The zero-order valence-corrected chi connectivity index (χ0v) is 22.5. The molecule has 4 aromatic rings. The fourth-order valence-electron chi connectivity index (χ4n) is 6.04. The van der Waals surface area contributed by atoms with Gasteiger partial charge in [-0.1, -0.05) is 98.8 Å². The van der Waals surface area contributed by atoms with E-state index in [2.05, 4.69) is 84.9 Å². The molecule has 4 aromatic carbocycles. The molecule has 0 aromatic heterocycles. The maximum Gasteiger partial charge on any atom is 0.310 e. The first-order valence-corrected chi connectivity index (χ1v) is 13.8. The number of hydrogen-bond acceptors (Lipinski definition) is 4. The Morgan fingerprint density at radius 1 is 0.641 bits per heavy atom. The summed E-state index contributed by atoms with van der Waals surface area (Å²) >= 11 is 0. The molecular formula is C35H34O4. The number of carbonyl (C=O) groups excluding carboxylic acids is 2. The zero-order valence-electron chi connectivity index (χ0n) is 22.5. The minimum atomic E-state index is -0.345. The zero-order chi connectivity index (χ0) is 27.2. The summed E-state index contributed by atoms with van der Waals surface area (Å²) in [5.74, 6) is 1.17. The smallest absolute Gasteiger partial charge is 0.310 e. The van der Waals surface area contributed by atoms with Gasteiger partial charge in [0.05, 0.1) is 0 Å². The second-order valence-corrected chi connectivity index (χ2v) is 10.2. The SMILES string of the molecule is CCC(=O)Oc1ccc(C2(c3ccc(OC(=O)CC)cc3)CC(c3ccccc3)CC2c2ccccc2)cc1. The van der Waals surface area contributed by atoms with Gasteiger partial charge < -0.3 is 9.47 Å². The van der Waals surface area contributed by atoms with Crippen LogP contribution >= 0.6 is 0 Å². The van der Waals surface area contributed by atoms with Crippen molar-refractivity contribution in [1.29, 1.82) is 0 Å². The van der Waals surface area contributed by atoms with Crippen molar-refractivity contribution in [3.8, 4) is 11.5 Å². The largest absolute Gasteiger partial charge is 0.427 e. The molecule has 0 saturated heterocycles. The minimum Gasteiger partial charge on any atom is -0.427 e. The van der Waals surface area contributed by atoms with E-state index in [0.29, 0.717) is 30.3 Å². The third-order valence-electron chi connectivity index (χ3n) is 7.94. The summed E-state index contributed by atoms with van der Waals surface area (Å²) in [7, 11) is 0. The average molecular weight is 519 g/mol. The Balaban J connectivity index is 1.65. The monoisotopic (exact) mass is 518 g/mol. The van der Waals surface area contributed by atoms with Gasteiger partial charge in [0, 0.05) is 18.3 Å². The van der Waals surface area contributed by atoms with Crippen molar-refractivity contribution in [2.75, 3.05) is 0 Å². The Labute approximate surface area is 230 Å². The van der Waals surface area contributed by atoms with Crippen LogP contribution in [0.5, 0.6) is 11.5 Å². The molecule has 5 rings (SSSR count). The molecule has 4 nitrogen and oxygen atoms in total. The lowest BCUT2D eigenvalue weighted by Crippen LogP contribution is -2.31. The molecule has 39 heavy (non-hydrogen) atoms. The standard InChI is InChI=1S/C35H34O4/c1-3-33(36)38-30-19-15-28(16-20-30)35(29-17-21-31(22-18-29)39-34(37)4-2)24-27(25-11-7-5-8-12-25)23-32(35)26-13-9-6-10-14-26/h5-22,27,32H,3-4,23-24H2,1-2H3. The Morgan fingerprint density at radius 2 is 1.08 bits per heavy atom. The van der Waals surface area contributed by atoms with Gasteiger partial charge in [-0.3, -0.25) is 9.59 Å². The van der Waals surface area contributed by atoms with Crippen LogP contribution in [0.4, 0.5) is 0 Å². The molecule has 0 spiro atoms. The van der Waals surface area contributed by atoms with E-state index in [1.165, 1.54) is 22.3 Å². The molecule has 1 saturated carbocycles. The van der Waals surface area contributed by atoms with E-state index in [1.54, 1.807) is 13.8 Å². The fourth-order valence-corrected chi connectivity index (χ4v) is 6.04. The molecule has 4 heteroatoms. The maximum atomic E-state index is 11.9. The highest BCUT2D eigenvalue weighted by atomic mass is 16.5. The van der Waals surface area contributed by atoms with Crippen LogP contribution in [0, 0.1) is 0 Å². The predicted molar refractivity (Wildman–Crippen MR) is 153 cm³/mol. The lowest BCUT2D eigenvalue weighted by atomic mass is 9.65. The summed E-state index contributed by atoms with van der Waals surface area (Å²) in [6.07, 6.45) is 2.57. The van der Waals surface area contributed by atoms with Gasteiger partial charge in [-0.15, -0.1) is 0 Å². The second kappa shape index (κ2) is 11.7. The highest BCUT2D eigenvalue weighted by Crippen LogP contribution is 2.60. The molecule has 0 bridgehead atoms. The molecule has 198 valence electrons. The van der Waals surface area contributed by atoms with E-state index in [1.807, 2.05) is 24.3 Å². The molecule has 2 atom stereocenters. The van der Waals surface area contributed by atoms with E-state index >= 15 is 0 Å². The lowest BCUT2D eigenvalue weighted by Gasteiger charge is -2.38. The number of esters is 2. The van der Waals surface area contributed by atoms with Crippen LogP contribution in [0.2, 0.25) is 0 Å². The number of ether oxygens (including phenoxy) is 2. The Morgan fingerprint density at radius 3 is 1.51 bits per heavy atom. The summed E-state index contributed by atoms with van der Waals surface area (Å²) in [5.41, 5.74) is 4.62. The van der Waals surface area contributed by atoms with E-state index < -0.39 is 0 Å². The maximum absolute atomic E-state index is 11.9. The van der Waals surface area contributed by atoms with Crippen molar-refractivity contribution in [3.05, 3.63) is 131 Å². The average Bonchev–Trinajstić information content (AvgIpc) is 3.40. The van der Waals surface area contributed by atoms with Crippen molar-refractivity contribution in [2.24, 2.45) is 0 Å². The number of rotatable bonds is 8. The van der Waals surface area contributed by atoms with Crippen LogP contribution < -0.4 is 9.47 Å². The third-order valence-corrected chi connectivity index (χ3v) is 7.94. The van der Waals surface area contributed by atoms with Crippen LogP contribution in [-0.2, 0) is 15.0 Å². The molecule has 0 aliphatic heterocycles. The van der Waals surface area contributed by atoms with Gasteiger partial charge in [-0.25, -0.2) is 0 Å². The minimum absolute atomic E-state index is 0.206. The molecule has 1 aliphatic rings. The van der Waals surface area contributed by atoms with Crippen molar-refractivity contribution in [2.45, 2.75) is 56.8 Å². The van der Waals surface area contributed by atoms with Crippen LogP contribution in [0.3, 0.4) is 0 Å². The van der Waals surface area contributed by atoms with Gasteiger partial charge in [0.15, 0.2) is 0 Å². The molecule has 0 N–H and O–H groups in total. The third kappa shape index (κ3) is 5.51. The van der Waals surface area contributed by atoms with Crippen LogP contribution in [0.1, 0.15) is 73.6 Å². The van der Waals surface area contributed by atoms with E-state index in [0.717, 1.165) is 12.8 Å². The molecule has 0 radical (unpaired) electrons. The second-order valence-electron chi connectivity index (χ2n) is 10.2. The highest BCUT2D eigenvalue weighted by Gasteiger charge is 2.50. The lowest BCUT2D eigenvalue weighted by molar-refractivity contribution is -0.134. The summed E-state index contributed by atoms with van der Waals surface area (Å²) in [4.78, 5) is 23.8. The van der Waals surface area contributed by atoms with Crippen LogP contribution in [0.15, 0.2) is 109 Å². The summed E-state index contributed by atoms with van der Waals surface area (Å²) < 4.78 is 11.0. The first kappa shape index (κ1) is 26.4. The molecular weight excluding hydrogens is 484 g/mol. The number of carbonyl (C=O) groups is 2. The van der Waals surface area contributed by atoms with Gasteiger partial charge >= 0.3 is 11.9 Å². The van der Waals surface area contributed by atoms with Gasteiger partial charge in [-0.2, -0.15) is 0 Å². The first-order valence-electron chi connectivity index (χ1n) is 13.8. The molecule has 1 fully saturated rings. The van der Waals surface area contributed by atoms with Gasteiger partial charge in [0.1, 0.15) is 11.5 Å². The van der Waals surface area contributed by atoms with Crippen molar-refractivity contribution >= 4 is 11.9 Å². The normalized spacial score (nSPS) is 17.9. The van der Waals surface area contributed by atoms with Gasteiger partial charge in [-0.05, 0) is 71.2 Å². The van der Waals surface area contributed by atoms with Crippen LogP contribution in [-0.4, -0.2) is 11.9 Å². The topological polar surface area (TPSA) is 52.6 Å². The Hall–Kier alpha value is -4.18. The summed E-state index contributed by atoms with van der Waals surface area (Å²) in [5, 5.41) is 0. The molecule has 0 heterocycles. The summed E-state index contributed by atoms with van der Waals surface area (Å²) in [6, 6.07) is 37.5. The highest BCUT2D eigenvalue weighted by molar-refractivity contribution is 5.72. The van der Waals surface area contributed by atoms with Crippen LogP contribution in [0.25, 0.3) is 0 Å².